The fraction of sp³-hybridized carbons (Fsp3) is 0.923. The Balaban J connectivity index is 2.71. The first-order valence-electron chi connectivity index (χ1n) is 6.68. The standard InChI is InChI=1S/C13H26N2OS/c1-6-11-14-12(9(3)4)13(16)15(11)10(5)8-17-7-2/h9-12,14H,6-8H2,1-5H3. The van der Waals surface area contributed by atoms with Gasteiger partial charge in [-0.15, -0.1) is 0 Å². The van der Waals surface area contributed by atoms with Gasteiger partial charge in [0.2, 0.25) is 5.91 Å². The molecule has 1 aliphatic rings. The van der Waals surface area contributed by atoms with Crippen LogP contribution in [0.5, 0.6) is 0 Å². The van der Waals surface area contributed by atoms with Crippen LogP contribution in [0.3, 0.4) is 0 Å². The number of nitrogens with one attached hydrogen (secondary N) is 1. The van der Waals surface area contributed by atoms with Gasteiger partial charge in [0.05, 0.1) is 12.2 Å². The van der Waals surface area contributed by atoms with Gasteiger partial charge in [0.1, 0.15) is 0 Å². The number of nitrogens with zero attached hydrogens (tertiary/aromatic N) is 1. The summed E-state index contributed by atoms with van der Waals surface area (Å²) in [5.74, 6) is 2.80. The smallest absolute Gasteiger partial charge is 0.241 e. The normalized spacial score (nSPS) is 26.9. The zero-order valence-electron chi connectivity index (χ0n) is 11.7. The second-order valence-electron chi connectivity index (χ2n) is 5.07. The van der Waals surface area contributed by atoms with E-state index in [1.165, 1.54) is 0 Å². The maximum absolute atomic E-state index is 12.4. The molecule has 3 atom stereocenters. The molecule has 1 saturated heterocycles. The molecule has 1 rings (SSSR count). The highest BCUT2D eigenvalue weighted by Gasteiger charge is 2.41. The van der Waals surface area contributed by atoms with Gasteiger partial charge < -0.3 is 4.90 Å². The minimum absolute atomic E-state index is 0.00836. The maximum Gasteiger partial charge on any atom is 0.241 e. The van der Waals surface area contributed by atoms with E-state index in [-0.39, 0.29) is 18.1 Å². The Bertz CT molecular complexity index is 258. The van der Waals surface area contributed by atoms with Gasteiger partial charge in [-0.05, 0) is 25.0 Å². The average molecular weight is 258 g/mol. The summed E-state index contributed by atoms with van der Waals surface area (Å²) in [6, 6.07) is 0.336. The summed E-state index contributed by atoms with van der Waals surface area (Å²) >= 11 is 1.91. The van der Waals surface area contributed by atoms with Gasteiger partial charge in [-0.1, -0.05) is 27.7 Å². The Morgan fingerprint density at radius 2 is 2.00 bits per heavy atom. The van der Waals surface area contributed by atoms with E-state index in [0.29, 0.717) is 12.0 Å². The van der Waals surface area contributed by atoms with Crippen LogP contribution in [0.25, 0.3) is 0 Å². The summed E-state index contributed by atoms with van der Waals surface area (Å²) < 4.78 is 0. The van der Waals surface area contributed by atoms with Gasteiger partial charge in [-0.25, -0.2) is 0 Å². The van der Waals surface area contributed by atoms with Crippen molar-refractivity contribution >= 4 is 17.7 Å². The van der Waals surface area contributed by atoms with Crippen molar-refractivity contribution in [2.45, 2.75) is 59.3 Å². The van der Waals surface area contributed by atoms with Crippen LogP contribution in [0.4, 0.5) is 0 Å². The van der Waals surface area contributed by atoms with E-state index in [1.54, 1.807) is 0 Å². The molecule has 1 amide bonds. The molecule has 0 saturated carbocycles. The topological polar surface area (TPSA) is 32.3 Å². The van der Waals surface area contributed by atoms with E-state index in [1.807, 2.05) is 11.8 Å². The van der Waals surface area contributed by atoms with Gasteiger partial charge in [0.25, 0.3) is 0 Å². The number of carbonyl (C=O) groups excluding carboxylic acids is 1. The first-order chi connectivity index (χ1) is 8.02. The fourth-order valence-electron chi connectivity index (χ4n) is 2.36. The molecule has 0 bridgehead atoms. The Hall–Kier alpha value is -0.220. The van der Waals surface area contributed by atoms with E-state index >= 15 is 0 Å². The molecule has 3 unspecified atom stereocenters. The third kappa shape index (κ3) is 3.38. The summed E-state index contributed by atoms with van der Waals surface area (Å²) in [7, 11) is 0. The van der Waals surface area contributed by atoms with E-state index in [4.69, 9.17) is 0 Å². The van der Waals surface area contributed by atoms with E-state index in [9.17, 15) is 4.79 Å². The monoisotopic (exact) mass is 258 g/mol. The Labute approximate surface area is 110 Å². The van der Waals surface area contributed by atoms with Crippen LogP contribution in [0.1, 0.15) is 41.0 Å². The van der Waals surface area contributed by atoms with Crippen LogP contribution >= 0.6 is 11.8 Å². The van der Waals surface area contributed by atoms with Gasteiger partial charge in [0, 0.05) is 11.8 Å². The average Bonchev–Trinajstić information content (AvgIpc) is 2.63. The molecular weight excluding hydrogens is 232 g/mol. The Morgan fingerprint density at radius 1 is 1.35 bits per heavy atom. The van der Waals surface area contributed by atoms with E-state index in [0.717, 1.165) is 17.9 Å². The highest BCUT2D eigenvalue weighted by Crippen LogP contribution is 2.22. The van der Waals surface area contributed by atoms with Crippen LogP contribution in [0.2, 0.25) is 0 Å². The quantitative estimate of drug-likeness (QED) is 0.793. The predicted molar refractivity (Wildman–Crippen MR) is 75.1 cm³/mol. The molecule has 1 aliphatic heterocycles. The van der Waals surface area contributed by atoms with Crippen molar-refractivity contribution in [1.29, 1.82) is 0 Å². The fourth-order valence-corrected chi connectivity index (χ4v) is 3.10. The van der Waals surface area contributed by atoms with Crippen molar-refractivity contribution < 1.29 is 4.79 Å². The molecule has 0 aromatic carbocycles. The molecule has 0 radical (unpaired) electrons. The lowest BCUT2D eigenvalue weighted by atomic mass is 10.0. The van der Waals surface area contributed by atoms with E-state index < -0.39 is 0 Å². The molecule has 0 aliphatic carbocycles. The van der Waals surface area contributed by atoms with Gasteiger partial charge in [-0.3, -0.25) is 10.1 Å². The molecule has 3 nitrogen and oxygen atoms in total. The summed E-state index contributed by atoms with van der Waals surface area (Å²) in [6.45, 7) is 10.7. The Kier molecular flexibility index (Phi) is 5.80. The molecule has 17 heavy (non-hydrogen) atoms. The number of thioether (sulfide) groups is 1. The summed E-state index contributed by atoms with van der Waals surface area (Å²) in [5, 5.41) is 3.46. The zero-order valence-corrected chi connectivity index (χ0v) is 12.5. The minimum atomic E-state index is 0.00836. The molecule has 0 aromatic heterocycles. The van der Waals surface area contributed by atoms with E-state index in [2.05, 4.69) is 44.8 Å². The minimum Gasteiger partial charge on any atom is -0.322 e. The SMILES string of the molecule is CCSCC(C)N1C(=O)C(C(C)C)NC1CC. The summed E-state index contributed by atoms with van der Waals surface area (Å²) in [5.41, 5.74) is 0. The van der Waals surface area contributed by atoms with Crippen molar-refractivity contribution in [3.63, 3.8) is 0 Å². The maximum atomic E-state index is 12.4. The van der Waals surface area contributed by atoms with Crippen molar-refractivity contribution in [1.82, 2.24) is 10.2 Å². The Morgan fingerprint density at radius 3 is 2.47 bits per heavy atom. The van der Waals surface area contributed by atoms with Crippen molar-refractivity contribution in [3.05, 3.63) is 0 Å². The second-order valence-corrected chi connectivity index (χ2v) is 6.39. The lowest BCUT2D eigenvalue weighted by Crippen LogP contribution is -2.44. The molecule has 0 spiro atoms. The highest BCUT2D eigenvalue weighted by atomic mass is 32.2. The first kappa shape index (κ1) is 14.8. The first-order valence-corrected chi connectivity index (χ1v) is 7.84. The molecule has 1 heterocycles. The van der Waals surface area contributed by atoms with Crippen LogP contribution in [-0.4, -0.2) is 40.6 Å². The van der Waals surface area contributed by atoms with Crippen molar-refractivity contribution in [3.8, 4) is 0 Å². The molecule has 100 valence electrons. The number of hydrogen-bond donors (Lipinski definition) is 1. The molecule has 4 heteroatoms. The number of rotatable bonds is 6. The summed E-state index contributed by atoms with van der Waals surface area (Å²) in [4.78, 5) is 14.4. The predicted octanol–water partition coefficient (Wildman–Crippen LogP) is 2.32. The van der Waals surface area contributed by atoms with Crippen LogP contribution < -0.4 is 5.32 Å². The van der Waals surface area contributed by atoms with Gasteiger partial charge in [0.15, 0.2) is 0 Å². The van der Waals surface area contributed by atoms with Crippen LogP contribution in [-0.2, 0) is 4.79 Å². The molecule has 0 aromatic rings. The second kappa shape index (κ2) is 6.64. The third-order valence-corrected chi connectivity index (χ3v) is 4.45. The van der Waals surface area contributed by atoms with Gasteiger partial charge in [-0.2, -0.15) is 11.8 Å². The number of amides is 1. The lowest BCUT2D eigenvalue weighted by molar-refractivity contribution is -0.132. The zero-order chi connectivity index (χ0) is 13.0. The molecular formula is C13H26N2OS. The van der Waals surface area contributed by atoms with Crippen molar-refractivity contribution in [2.24, 2.45) is 5.92 Å². The summed E-state index contributed by atoms with van der Waals surface area (Å²) in [6.07, 6.45) is 1.21. The number of carbonyl (C=O) groups is 1. The third-order valence-electron chi connectivity index (χ3n) is 3.32. The molecule has 1 N–H and O–H groups in total. The molecule has 1 fully saturated rings. The van der Waals surface area contributed by atoms with Crippen LogP contribution in [0.15, 0.2) is 0 Å². The van der Waals surface area contributed by atoms with Crippen molar-refractivity contribution in [2.75, 3.05) is 11.5 Å². The highest BCUT2D eigenvalue weighted by molar-refractivity contribution is 7.99. The largest absolute Gasteiger partial charge is 0.322 e. The number of hydrogen-bond acceptors (Lipinski definition) is 3. The van der Waals surface area contributed by atoms with Gasteiger partial charge >= 0.3 is 0 Å². The van der Waals surface area contributed by atoms with Crippen LogP contribution in [0, 0.1) is 5.92 Å². The lowest BCUT2D eigenvalue weighted by Gasteiger charge is -2.29.